The third kappa shape index (κ3) is 2.50. The molecule has 1 fully saturated rings. The molecular formula is C9H13F2NO. The number of nitrogens with one attached hydrogen (secondary N) is 1. The molecule has 0 saturated heterocycles. The standard InChI is InChI=1S/C9H13F2NO/c1-2-4-8(13)12-7-5-3-6-9(7,10)11/h2,4,7H,3,5-6H2,1H3,(H,12,13)/b4-2+. The first-order valence-corrected chi connectivity index (χ1v) is 4.37. The molecule has 1 N–H and O–H groups in total. The summed E-state index contributed by atoms with van der Waals surface area (Å²) in [4.78, 5) is 11.0. The van der Waals surface area contributed by atoms with E-state index in [1.807, 2.05) is 0 Å². The van der Waals surface area contributed by atoms with Crippen molar-refractivity contribution >= 4 is 5.91 Å². The Balaban J connectivity index is 2.49. The van der Waals surface area contributed by atoms with Crippen LogP contribution in [0.15, 0.2) is 12.2 Å². The van der Waals surface area contributed by atoms with Crippen LogP contribution in [0.5, 0.6) is 0 Å². The van der Waals surface area contributed by atoms with E-state index in [0.717, 1.165) is 0 Å². The summed E-state index contributed by atoms with van der Waals surface area (Å²) >= 11 is 0. The Morgan fingerprint density at radius 2 is 2.31 bits per heavy atom. The van der Waals surface area contributed by atoms with Crippen LogP contribution >= 0.6 is 0 Å². The first-order chi connectivity index (χ1) is 6.06. The van der Waals surface area contributed by atoms with Gasteiger partial charge in [-0.1, -0.05) is 6.08 Å². The fourth-order valence-electron chi connectivity index (χ4n) is 1.48. The van der Waals surface area contributed by atoms with Gasteiger partial charge in [-0.05, 0) is 25.8 Å². The summed E-state index contributed by atoms with van der Waals surface area (Å²) in [5, 5.41) is 2.29. The van der Waals surface area contributed by atoms with E-state index in [1.165, 1.54) is 12.2 Å². The van der Waals surface area contributed by atoms with Crippen LogP contribution in [0.4, 0.5) is 8.78 Å². The van der Waals surface area contributed by atoms with E-state index in [-0.39, 0.29) is 6.42 Å². The Morgan fingerprint density at radius 3 is 2.77 bits per heavy atom. The quantitative estimate of drug-likeness (QED) is 0.660. The summed E-state index contributed by atoms with van der Waals surface area (Å²) in [5.74, 6) is -3.16. The Hall–Kier alpha value is -0.930. The third-order valence-corrected chi connectivity index (χ3v) is 2.15. The van der Waals surface area contributed by atoms with Crippen molar-refractivity contribution in [2.75, 3.05) is 0 Å². The molecule has 1 rings (SSSR count). The lowest BCUT2D eigenvalue weighted by molar-refractivity contribution is -0.120. The Kier molecular flexibility index (Phi) is 3.01. The molecule has 0 aromatic rings. The highest BCUT2D eigenvalue weighted by molar-refractivity contribution is 5.87. The van der Waals surface area contributed by atoms with Crippen LogP contribution in [0, 0.1) is 0 Å². The molecule has 0 spiro atoms. The van der Waals surface area contributed by atoms with Crippen molar-refractivity contribution in [3.8, 4) is 0 Å². The molecule has 74 valence electrons. The first-order valence-electron chi connectivity index (χ1n) is 4.37. The summed E-state index contributed by atoms with van der Waals surface area (Å²) in [6, 6.07) is -0.976. The van der Waals surface area contributed by atoms with Crippen LogP contribution in [0.1, 0.15) is 26.2 Å². The van der Waals surface area contributed by atoms with Gasteiger partial charge in [-0.2, -0.15) is 0 Å². The summed E-state index contributed by atoms with van der Waals surface area (Å²) in [5.41, 5.74) is 0. The van der Waals surface area contributed by atoms with Gasteiger partial charge in [0.05, 0.1) is 6.04 Å². The number of allylic oxidation sites excluding steroid dienone is 1. The SMILES string of the molecule is C/C=C/C(=O)NC1CCCC1(F)F. The average Bonchev–Trinajstić information content (AvgIpc) is 2.31. The predicted octanol–water partition coefficient (Wildman–Crippen LogP) is 1.87. The molecule has 0 aromatic carbocycles. The smallest absolute Gasteiger partial charge is 0.267 e. The largest absolute Gasteiger partial charge is 0.344 e. The molecule has 0 bridgehead atoms. The van der Waals surface area contributed by atoms with Gasteiger partial charge in [-0.25, -0.2) is 8.78 Å². The van der Waals surface area contributed by atoms with Crippen molar-refractivity contribution in [2.45, 2.75) is 38.2 Å². The number of hydrogen-bond donors (Lipinski definition) is 1. The first kappa shape index (κ1) is 10.2. The second kappa shape index (κ2) is 3.85. The van der Waals surface area contributed by atoms with Crippen LogP contribution in [0.3, 0.4) is 0 Å². The molecular weight excluding hydrogens is 176 g/mol. The minimum absolute atomic E-state index is 0.117. The molecule has 1 saturated carbocycles. The van der Waals surface area contributed by atoms with Gasteiger partial charge in [0.1, 0.15) is 0 Å². The molecule has 0 aromatic heterocycles. The average molecular weight is 189 g/mol. The molecule has 13 heavy (non-hydrogen) atoms. The Bertz CT molecular complexity index is 226. The molecule has 1 unspecified atom stereocenters. The second-order valence-corrected chi connectivity index (χ2v) is 3.21. The predicted molar refractivity (Wildman–Crippen MR) is 45.5 cm³/mol. The van der Waals surface area contributed by atoms with Crippen LogP contribution in [-0.2, 0) is 4.79 Å². The van der Waals surface area contributed by atoms with E-state index in [2.05, 4.69) is 5.32 Å². The summed E-state index contributed by atoms with van der Waals surface area (Å²) in [6.45, 7) is 1.67. The summed E-state index contributed by atoms with van der Waals surface area (Å²) < 4.78 is 25.9. The topological polar surface area (TPSA) is 29.1 Å². The lowest BCUT2D eigenvalue weighted by Crippen LogP contribution is -2.43. The Labute approximate surface area is 76.0 Å². The molecule has 4 heteroatoms. The van der Waals surface area contributed by atoms with Gasteiger partial charge in [0, 0.05) is 6.42 Å². The van der Waals surface area contributed by atoms with Crippen LogP contribution in [-0.4, -0.2) is 17.9 Å². The second-order valence-electron chi connectivity index (χ2n) is 3.21. The lowest BCUT2D eigenvalue weighted by Gasteiger charge is -2.19. The number of amides is 1. The number of carbonyl (C=O) groups is 1. The van der Waals surface area contributed by atoms with Gasteiger partial charge in [0.2, 0.25) is 5.91 Å². The van der Waals surface area contributed by atoms with Crippen molar-refractivity contribution < 1.29 is 13.6 Å². The van der Waals surface area contributed by atoms with E-state index in [0.29, 0.717) is 12.8 Å². The van der Waals surface area contributed by atoms with Crippen molar-refractivity contribution in [1.29, 1.82) is 0 Å². The summed E-state index contributed by atoms with van der Waals surface area (Å²) in [7, 11) is 0. The highest BCUT2D eigenvalue weighted by Gasteiger charge is 2.44. The van der Waals surface area contributed by atoms with Gasteiger partial charge in [0.15, 0.2) is 0 Å². The highest BCUT2D eigenvalue weighted by atomic mass is 19.3. The number of hydrogen-bond acceptors (Lipinski definition) is 1. The summed E-state index contributed by atoms with van der Waals surface area (Å²) in [6.07, 6.45) is 3.52. The molecule has 1 aliphatic carbocycles. The maximum absolute atomic E-state index is 13.0. The molecule has 1 amide bonds. The van der Waals surface area contributed by atoms with Gasteiger partial charge >= 0.3 is 0 Å². The Morgan fingerprint density at radius 1 is 1.62 bits per heavy atom. The highest BCUT2D eigenvalue weighted by Crippen LogP contribution is 2.34. The normalized spacial score (nSPS) is 26.5. The van der Waals surface area contributed by atoms with Crippen LogP contribution in [0.2, 0.25) is 0 Å². The minimum atomic E-state index is -2.72. The van der Waals surface area contributed by atoms with Gasteiger partial charge in [-0.15, -0.1) is 0 Å². The third-order valence-electron chi connectivity index (χ3n) is 2.15. The lowest BCUT2D eigenvalue weighted by atomic mass is 10.2. The molecule has 1 atom stereocenters. The van der Waals surface area contributed by atoms with Crippen molar-refractivity contribution in [1.82, 2.24) is 5.32 Å². The van der Waals surface area contributed by atoms with Crippen LogP contribution in [0.25, 0.3) is 0 Å². The number of rotatable bonds is 2. The zero-order chi connectivity index (χ0) is 9.90. The molecule has 0 radical (unpaired) electrons. The molecule has 0 aliphatic heterocycles. The van der Waals surface area contributed by atoms with E-state index in [4.69, 9.17) is 0 Å². The maximum Gasteiger partial charge on any atom is 0.267 e. The zero-order valence-electron chi connectivity index (χ0n) is 7.52. The fraction of sp³-hybridized carbons (Fsp3) is 0.667. The van der Waals surface area contributed by atoms with Crippen LogP contribution < -0.4 is 5.32 Å². The number of halogens is 2. The fourth-order valence-corrected chi connectivity index (χ4v) is 1.48. The van der Waals surface area contributed by atoms with E-state index in [1.54, 1.807) is 6.92 Å². The van der Waals surface area contributed by atoms with Crippen molar-refractivity contribution in [2.24, 2.45) is 0 Å². The van der Waals surface area contributed by atoms with E-state index >= 15 is 0 Å². The molecule has 2 nitrogen and oxygen atoms in total. The number of carbonyl (C=O) groups excluding carboxylic acids is 1. The van der Waals surface area contributed by atoms with E-state index < -0.39 is 17.9 Å². The van der Waals surface area contributed by atoms with Gasteiger partial charge < -0.3 is 5.32 Å². The monoisotopic (exact) mass is 189 g/mol. The zero-order valence-corrected chi connectivity index (χ0v) is 7.52. The van der Waals surface area contributed by atoms with Gasteiger partial charge in [0.25, 0.3) is 5.92 Å². The van der Waals surface area contributed by atoms with E-state index in [9.17, 15) is 13.6 Å². The van der Waals surface area contributed by atoms with Crippen molar-refractivity contribution in [3.05, 3.63) is 12.2 Å². The van der Waals surface area contributed by atoms with Crippen molar-refractivity contribution in [3.63, 3.8) is 0 Å². The molecule has 0 heterocycles. The van der Waals surface area contributed by atoms with Gasteiger partial charge in [-0.3, -0.25) is 4.79 Å². The minimum Gasteiger partial charge on any atom is -0.344 e. The number of alkyl halides is 2. The molecule has 1 aliphatic rings. The maximum atomic E-state index is 13.0.